The molecule has 1 spiro atoms. The highest BCUT2D eigenvalue weighted by Gasteiger charge is 2.51. The van der Waals surface area contributed by atoms with Gasteiger partial charge < -0.3 is 19.7 Å². The Morgan fingerprint density at radius 3 is 2.32 bits per heavy atom. The largest absolute Gasteiger partial charge is 0.447 e. The second kappa shape index (κ2) is 10.7. The maximum absolute atomic E-state index is 13.6. The van der Waals surface area contributed by atoms with Gasteiger partial charge in [0.15, 0.2) is 0 Å². The third kappa shape index (κ3) is 6.70. The monoisotopic (exact) mass is 533 g/mol. The average molecular weight is 534 g/mol. The Bertz CT molecular complexity index is 992. The van der Waals surface area contributed by atoms with Gasteiger partial charge in [-0.15, -0.1) is 0 Å². The van der Waals surface area contributed by atoms with E-state index in [0.717, 1.165) is 44.1 Å². The first-order chi connectivity index (χ1) is 17.4. The fraction of sp³-hybridized carbons (Fsp3) is 0.679. The number of alkyl carbamates (subject to hydrolysis) is 1. The lowest BCUT2D eigenvalue weighted by Crippen LogP contribution is -2.55. The number of hydrogen-bond acceptors (Lipinski definition) is 5. The Morgan fingerprint density at radius 2 is 1.73 bits per heavy atom. The lowest BCUT2D eigenvalue weighted by molar-refractivity contribution is -0.136. The number of carbonyl (C=O) groups excluding carboxylic acids is 3. The van der Waals surface area contributed by atoms with Gasteiger partial charge in [0.1, 0.15) is 18.2 Å². The highest BCUT2D eigenvalue weighted by molar-refractivity contribution is 6.30. The van der Waals surface area contributed by atoms with Crippen LogP contribution in [0.2, 0.25) is 5.02 Å². The van der Waals surface area contributed by atoms with Crippen molar-refractivity contribution < 1.29 is 23.9 Å². The Hall–Kier alpha value is -2.48. The van der Waals surface area contributed by atoms with Crippen LogP contribution in [0.4, 0.5) is 9.59 Å². The van der Waals surface area contributed by atoms with Gasteiger partial charge in [0, 0.05) is 31.1 Å². The van der Waals surface area contributed by atoms with Crippen molar-refractivity contribution in [3.8, 4) is 0 Å². The van der Waals surface area contributed by atoms with Crippen LogP contribution < -0.4 is 5.32 Å². The molecule has 1 N–H and O–H groups in total. The topological polar surface area (TPSA) is 88.2 Å². The molecule has 2 heterocycles. The summed E-state index contributed by atoms with van der Waals surface area (Å²) < 4.78 is 10.9. The number of nitrogens with zero attached hydrogens (tertiary/aromatic N) is 2. The molecule has 2 aliphatic heterocycles. The number of halogens is 1. The van der Waals surface area contributed by atoms with E-state index in [1.807, 2.05) is 21.9 Å². The van der Waals surface area contributed by atoms with Crippen LogP contribution in [0.1, 0.15) is 71.8 Å². The molecule has 3 amide bonds. The number of piperidine rings is 1. The third-order valence-corrected chi connectivity index (χ3v) is 8.21. The zero-order valence-electron chi connectivity index (χ0n) is 22.5. The molecule has 4 rings (SSSR count). The predicted octanol–water partition coefficient (Wildman–Crippen LogP) is 5.17. The number of carbonyl (C=O) groups is 3. The second-order valence-corrected chi connectivity index (χ2v) is 12.7. The van der Waals surface area contributed by atoms with Crippen LogP contribution in [0.3, 0.4) is 0 Å². The SMILES string of the molecule is CC1(CN2C(=O)OCC23CCCC3)CCN(C(=O)C(Cc2ccc(Cl)cc2)NC(=O)OC(C)(C)C)CC1. The van der Waals surface area contributed by atoms with Gasteiger partial charge in [-0.1, -0.05) is 43.5 Å². The Morgan fingerprint density at radius 1 is 1.11 bits per heavy atom. The van der Waals surface area contributed by atoms with Crippen molar-refractivity contribution in [3.05, 3.63) is 34.9 Å². The van der Waals surface area contributed by atoms with Crippen LogP contribution in [0.15, 0.2) is 24.3 Å². The summed E-state index contributed by atoms with van der Waals surface area (Å²) >= 11 is 6.03. The number of amides is 3. The van der Waals surface area contributed by atoms with Gasteiger partial charge >= 0.3 is 12.2 Å². The molecule has 3 aliphatic rings. The molecule has 2 saturated heterocycles. The van der Waals surface area contributed by atoms with Gasteiger partial charge in [-0.3, -0.25) is 9.69 Å². The maximum atomic E-state index is 13.6. The first-order valence-corrected chi connectivity index (χ1v) is 13.7. The molecule has 3 fully saturated rings. The molecule has 1 atom stereocenters. The smallest absolute Gasteiger partial charge is 0.410 e. The number of benzene rings is 1. The molecule has 0 bridgehead atoms. The molecule has 1 aromatic carbocycles. The minimum absolute atomic E-state index is 0.0972. The molecule has 1 aliphatic carbocycles. The fourth-order valence-corrected chi connectivity index (χ4v) is 5.88. The van der Waals surface area contributed by atoms with Gasteiger partial charge in [-0.05, 0) is 69.6 Å². The Kier molecular flexibility index (Phi) is 7.98. The molecule has 1 aromatic rings. The molecular weight excluding hydrogens is 494 g/mol. The van der Waals surface area contributed by atoms with Crippen LogP contribution >= 0.6 is 11.6 Å². The van der Waals surface area contributed by atoms with Gasteiger partial charge in [0.05, 0.1) is 5.54 Å². The van der Waals surface area contributed by atoms with Gasteiger partial charge in [-0.25, -0.2) is 9.59 Å². The van der Waals surface area contributed by atoms with Crippen LogP contribution in [0, 0.1) is 5.41 Å². The normalized spacial score (nSPS) is 21.6. The van der Waals surface area contributed by atoms with E-state index in [2.05, 4.69) is 12.2 Å². The van der Waals surface area contributed by atoms with E-state index >= 15 is 0 Å². The summed E-state index contributed by atoms with van der Waals surface area (Å²) in [5.41, 5.74) is -0.0122. The highest BCUT2D eigenvalue weighted by atomic mass is 35.5. The van der Waals surface area contributed by atoms with E-state index in [9.17, 15) is 14.4 Å². The summed E-state index contributed by atoms with van der Waals surface area (Å²) in [7, 11) is 0. The number of hydrogen-bond donors (Lipinski definition) is 1. The van der Waals surface area contributed by atoms with E-state index in [4.69, 9.17) is 21.1 Å². The van der Waals surface area contributed by atoms with Crippen molar-refractivity contribution in [3.63, 3.8) is 0 Å². The number of rotatable bonds is 6. The molecule has 204 valence electrons. The first-order valence-electron chi connectivity index (χ1n) is 13.4. The molecule has 0 radical (unpaired) electrons. The zero-order valence-corrected chi connectivity index (χ0v) is 23.2. The van der Waals surface area contributed by atoms with Gasteiger partial charge in [0.2, 0.25) is 5.91 Å². The molecule has 0 aromatic heterocycles. The van der Waals surface area contributed by atoms with E-state index in [1.165, 1.54) is 0 Å². The van der Waals surface area contributed by atoms with Crippen LogP contribution in [-0.2, 0) is 20.7 Å². The minimum atomic E-state index is -0.754. The van der Waals surface area contributed by atoms with Crippen LogP contribution in [0.25, 0.3) is 0 Å². The quantitative estimate of drug-likeness (QED) is 0.545. The Balaban J connectivity index is 1.41. The van der Waals surface area contributed by atoms with E-state index in [0.29, 0.717) is 37.7 Å². The zero-order chi connectivity index (χ0) is 26.8. The third-order valence-electron chi connectivity index (χ3n) is 7.96. The lowest BCUT2D eigenvalue weighted by Gasteiger charge is -2.44. The Labute approximate surface area is 225 Å². The lowest BCUT2D eigenvalue weighted by atomic mass is 9.78. The molecule has 8 nitrogen and oxygen atoms in total. The van der Waals surface area contributed by atoms with Crippen molar-refractivity contribution in [1.82, 2.24) is 15.1 Å². The highest BCUT2D eigenvalue weighted by Crippen LogP contribution is 2.43. The molecular formula is C28H40ClN3O5. The summed E-state index contributed by atoms with van der Waals surface area (Å²) in [6.45, 7) is 9.86. The van der Waals surface area contributed by atoms with E-state index in [1.54, 1.807) is 32.9 Å². The average Bonchev–Trinajstić information content (AvgIpc) is 3.42. The first kappa shape index (κ1) is 27.6. The van der Waals surface area contributed by atoms with E-state index < -0.39 is 17.7 Å². The van der Waals surface area contributed by atoms with Crippen molar-refractivity contribution in [2.45, 2.75) is 89.8 Å². The summed E-state index contributed by atoms with van der Waals surface area (Å²) in [5.74, 6) is -0.129. The van der Waals surface area contributed by atoms with Crippen molar-refractivity contribution in [2.75, 3.05) is 26.2 Å². The number of cyclic esters (lactones) is 1. The maximum Gasteiger partial charge on any atom is 0.410 e. The molecule has 1 saturated carbocycles. The van der Waals surface area contributed by atoms with Crippen LogP contribution in [0.5, 0.6) is 0 Å². The fourth-order valence-electron chi connectivity index (χ4n) is 5.76. The van der Waals surface area contributed by atoms with Crippen molar-refractivity contribution >= 4 is 29.7 Å². The summed E-state index contributed by atoms with van der Waals surface area (Å²) in [4.78, 5) is 42.6. The summed E-state index contributed by atoms with van der Waals surface area (Å²) in [6.07, 6.45) is 5.34. The van der Waals surface area contributed by atoms with E-state index in [-0.39, 0.29) is 23.0 Å². The molecule has 9 heteroatoms. The number of likely N-dealkylation sites (tertiary alicyclic amines) is 1. The standard InChI is InChI=1S/C28H40ClN3O5/c1-26(2,3)37-24(34)30-22(17-20-7-9-21(29)10-8-20)23(33)31-15-13-27(4,14-16-31)18-32-25(35)36-19-28(32)11-5-6-12-28/h7-10,22H,5-6,11-19H2,1-4H3,(H,30,34). The molecule has 37 heavy (non-hydrogen) atoms. The molecule has 1 unspecified atom stereocenters. The summed E-state index contributed by atoms with van der Waals surface area (Å²) in [5, 5.41) is 3.41. The van der Waals surface area contributed by atoms with Gasteiger partial charge in [0.25, 0.3) is 0 Å². The second-order valence-electron chi connectivity index (χ2n) is 12.2. The van der Waals surface area contributed by atoms with Crippen molar-refractivity contribution in [2.24, 2.45) is 5.41 Å². The minimum Gasteiger partial charge on any atom is -0.447 e. The van der Waals surface area contributed by atoms with Crippen LogP contribution in [-0.4, -0.2) is 71.3 Å². The van der Waals surface area contributed by atoms with Gasteiger partial charge in [-0.2, -0.15) is 0 Å². The summed E-state index contributed by atoms with van der Waals surface area (Å²) in [6, 6.07) is 6.52. The predicted molar refractivity (Wildman–Crippen MR) is 141 cm³/mol. The number of nitrogens with one attached hydrogen (secondary N) is 1. The number of ether oxygens (including phenoxy) is 2. The van der Waals surface area contributed by atoms with Crippen molar-refractivity contribution in [1.29, 1.82) is 0 Å².